The van der Waals surface area contributed by atoms with Gasteiger partial charge in [0.15, 0.2) is 0 Å². The minimum absolute atomic E-state index is 0.317. The van der Waals surface area contributed by atoms with E-state index in [4.69, 9.17) is 5.11 Å². The van der Waals surface area contributed by atoms with E-state index in [1.807, 2.05) is 13.8 Å². The Morgan fingerprint density at radius 2 is 2.00 bits per heavy atom. The molecule has 15 heavy (non-hydrogen) atoms. The highest BCUT2D eigenvalue weighted by Gasteiger charge is 2.15. The first-order valence-corrected chi connectivity index (χ1v) is 4.19. The molecule has 0 heterocycles. The van der Waals surface area contributed by atoms with E-state index >= 15 is 0 Å². The lowest BCUT2D eigenvalue weighted by atomic mass is 10.2. The smallest absolute Gasteiger partial charge is 0.335 e. The molecule has 0 spiro atoms. The van der Waals surface area contributed by atoms with Crippen LogP contribution in [0.3, 0.4) is 0 Å². The Labute approximate surface area is 85.3 Å². The van der Waals surface area contributed by atoms with Crippen LogP contribution in [0.1, 0.15) is 24.2 Å². The maximum absolute atomic E-state index is 12.8. The highest BCUT2D eigenvalue weighted by Crippen LogP contribution is 2.17. The van der Waals surface area contributed by atoms with E-state index < -0.39 is 22.4 Å². The molecule has 0 aliphatic carbocycles. The van der Waals surface area contributed by atoms with E-state index in [1.165, 1.54) is 0 Å². The molecule has 1 rings (SSSR count). The highest BCUT2D eigenvalue weighted by molar-refractivity contribution is 5.87. The Balaban J connectivity index is 0.000000921. The molecule has 1 aromatic rings. The van der Waals surface area contributed by atoms with Crippen molar-refractivity contribution < 1.29 is 19.2 Å². The number of carboxylic acid groups (broad SMARTS) is 1. The molecule has 0 aliphatic heterocycles. The molecule has 6 heteroatoms. The van der Waals surface area contributed by atoms with Crippen molar-refractivity contribution in [2.45, 2.75) is 13.8 Å². The van der Waals surface area contributed by atoms with Crippen LogP contribution in [0.4, 0.5) is 10.1 Å². The summed E-state index contributed by atoms with van der Waals surface area (Å²) in [5.74, 6) is -2.47. The Hall–Kier alpha value is -1.98. The Morgan fingerprint density at radius 3 is 2.33 bits per heavy atom. The average Bonchev–Trinajstić information content (AvgIpc) is 2.20. The van der Waals surface area contributed by atoms with Crippen molar-refractivity contribution >= 4 is 11.7 Å². The number of nitro groups is 1. The highest BCUT2D eigenvalue weighted by atomic mass is 19.1. The Bertz CT molecular complexity index is 378. The van der Waals surface area contributed by atoms with E-state index in [0.717, 1.165) is 12.1 Å². The molecule has 0 fully saturated rings. The Kier molecular flexibility index (Phi) is 4.94. The van der Waals surface area contributed by atoms with Crippen LogP contribution in [0.2, 0.25) is 0 Å². The summed E-state index contributed by atoms with van der Waals surface area (Å²) in [6.45, 7) is 4.00. The largest absolute Gasteiger partial charge is 0.478 e. The van der Waals surface area contributed by atoms with Gasteiger partial charge in [0.05, 0.1) is 10.5 Å². The summed E-state index contributed by atoms with van der Waals surface area (Å²) in [6, 6.07) is 2.41. The van der Waals surface area contributed by atoms with Crippen molar-refractivity contribution in [1.29, 1.82) is 0 Å². The molecule has 0 bridgehead atoms. The van der Waals surface area contributed by atoms with Gasteiger partial charge in [-0.25, -0.2) is 4.79 Å². The quantitative estimate of drug-likeness (QED) is 0.606. The van der Waals surface area contributed by atoms with Gasteiger partial charge in [0.2, 0.25) is 5.82 Å². The van der Waals surface area contributed by atoms with Crippen molar-refractivity contribution in [3.8, 4) is 0 Å². The predicted octanol–water partition coefficient (Wildman–Crippen LogP) is 2.46. The number of nitrogens with zero attached hydrogens (tertiary/aromatic N) is 1. The molecule has 0 saturated heterocycles. The van der Waals surface area contributed by atoms with E-state index in [-0.39, 0.29) is 5.56 Å². The van der Waals surface area contributed by atoms with Crippen molar-refractivity contribution in [3.63, 3.8) is 0 Å². The van der Waals surface area contributed by atoms with Crippen LogP contribution in [0.15, 0.2) is 18.2 Å². The topological polar surface area (TPSA) is 80.4 Å². The van der Waals surface area contributed by atoms with Crippen molar-refractivity contribution in [2.24, 2.45) is 0 Å². The van der Waals surface area contributed by atoms with Crippen LogP contribution in [-0.2, 0) is 0 Å². The molecule has 0 unspecified atom stereocenters. The predicted molar refractivity (Wildman–Crippen MR) is 51.4 cm³/mol. The SMILES string of the molecule is CC.O=C(O)c1ccc([N+](=O)[O-])c(F)c1. The van der Waals surface area contributed by atoms with E-state index in [2.05, 4.69) is 0 Å². The summed E-state index contributed by atoms with van der Waals surface area (Å²) < 4.78 is 12.8. The van der Waals surface area contributed by atoms with E-state index in [9.17, 15) is 19.3 Å². The molecular formula is C9H10FNO4. The minimum atomic E-state index is -1.33. The van der Waals surface area contributed by atoms with Crippen molar-refractivity contribution in [3.05, 3.63) is 39.7 Å². The number of hydrogen-bond acceptors (Lipinski definition) is 3. The average molecular weight is 215 g/mol. The lowest BCUT2D eigenvalue weighted by molar-refractivity contribution is -0.387. The minimum Gasteiger partial charge on any atom is -0.478 e. The van der Waals surface area contributed by atoms with Crippen LogP contribution in [0, 0.1) is 15.9 Å². The molecule has 0 aliphatic rings. The van der Waals surface area contributed by atoms with Gasteiger partial charge in [-0.1, -0.05) is 13.8 Å². The third kappa shape index (κ3) is 3.34. The lowest BCUT2D eigenvalue weighted by Gasteiger charge is -1.95. The zero-order valence-electron chi connectivity index (χ0n) is 8.23. The molecule has 1 aromatic carbocycles. The lowest BCUT2D eigenvalue weighted by Crippen LogP contribution is -1.99. The molecule has 82 valence electrons. The first-order chi connectivity index (χ1) is 7.02. The van der Waals surface area contributed by atoms with Gasteiger partial charge in [-0.05, 0) is 12.1 Å². The number of carboxylic acids is 1. The number of aromatic carboxylic acids is 1. The number of hydrogen-bond donors (Lipinski definition) is 1. The number of rotatable bonds is 2. The molecule has 5 nitrogen and oxygen atoms in total. The maximum atomic E-state index is 12.8. The molecule has 0 saturated carbocycles. The second-order valence-corrected chi connectivity index (χ2v) is 2.23. The van der Waals surface area contributed by atoms with Gasteiger partial charge in [0.1, 0.15) is 0 Å². The number of halogens is 1. The van der Waals surface area contributed by atoms with Crippen LogP contribution < -0.4 is 0 Å². The first kappa shape index (κ1) is 13.0. The number of nitro benzene ring substituents is 1. The van der Waals surface area contributed by atoms with Gasteiger partial charge in [0.25, 0.3) is 0 Å². The normalized spacial score (nSPS) is 8.73. The van der Waals surface area contributed by atoms with Crippen LogP contribution in [-0.4, -0.2) is 16.0 Å². The maximum Gasteiger partial charge on any atom is 0.335 e. The summed E-state index contributed by atoms with van der Waals surface area (Å²) in [6.07, 6.45) is 0. The fourth-order valence-corrected chi connectivity index (χ4v) is 0.788. The Morgan fingerprint density at radius 1 is 1.47 bits per heavy atom. The fraction of sp³-hybridized carbons (Fsp3) is 0.222. The van der Waals surface area contributed by atoms with Crippen LogP contribution >= 0.6 is 0 Å². The second-order valence-electron chi connectivity index (χ2n) is 2.23. The van der Waals surface area contributed by atoms with Crippen molar-refractivity contribution in [1.82, 2.24) is 0 Å². The summed E-state index contributed by atoms with van der Waals surface area (Å²) in [5.41, 5.74) is -1.05. The molecule has 1 N–H and O–H groups in total. The summed E-state index contributed by atoms with van der Waals surface area (Å²) in [5, 5.41) is 18.5. The summed E-state index contributed by atoms with van der Waals surface area (Å²) in [4.78, 5) is 19.5. The van der Waals surface area contributed by atoms with Gasteiger partial charge in [-0.15, -0.1) is 0 Å². The molecular weight excluding hydrogens is 205 g/mol. The number of carbonyl (C=O) groups is 1. The van der Waals surface area contributed by atoms with Gasteiger partial charge < -0.3 is 5.11 Å². The van der Waals surface area contributed by atoms with Crippen LogP contribution in [0.5, 0.6) is 0 Å². The van der Waals surface area contributed by atoms with Gasteiger partial charge in [-0.3, -0.25) is 10.1 Å². The molecule has 0 radical (unpaired) electrons. The van der Waals surface area contributed by atoms with E-state index in [0.29, 0.717) is 6.07 Å². The van der Waals surface area contributed by atoms with Gasteiger partial charge in [0, 0.05) is 6.07 Å². The second kappa shape index (κ2) is 5.69. The monoisotopic (exact) mass is 215 g/mol. The van der Waals surface area contributed by atoms with Crippen molar-refractivity contribution in [2.75, 3.05) is 0 Å². The van der Waals surface area contributed by atoms with Gasteiger partial charge >= 0.3 is 11.7 Å². The van der Waals surface area contributed by atoms with Gasteiger partial charge in [-0.2, -0.15) is 4.39 Å². The standard InChI is InChI=1S/C7H4FNO4.C2H6/c8-5-3-4(7(10)11)1-2-6(5)9(12)13;1-2/h1-3H,(H,10,11);1-2H3. The van der Waals surface area contributed by atoms with Crippen LogP contribution in [0.25, 0.3) is 0 Å². The third-order valence-corrected chi connectivity index (χ3v) is 1.39. The summed E-state index contributed by atoms with van der Waals surface area (Å²) >= 11 is 0. The first-order valence-electron chi connectivity index (χ1n) is 4.19. The molecule has 0 atom stereocenters. The fourth-order valence-electron chi connectivity index (χ4n) is 0.788. The number of benzene rings is 1. The van der Waals surface area contributed by atoms with E-state index in [1.54, 1.807) is 0 Å². The summed E-state index contributed by atoms with van der Waals surface area (Å²) in [7, 11) is 0. The zero-order chi connectivity index (χ0) is 12.0. The molecule has 0 aromatic heterocycles. The third-order valence-electron chi connectivity index (χ3n) is 1.39. The molecule has 0 amide bonds. The zero-order valence-corrected chi connectivity index (χ0v) is 8.23.